The largest absolute Gasteiger partial charge is 0.460 e. The van der Waals surface area contributed by atoms with Gasteiger partial charge in [0.1, 0.15) is 6.61 Å². The van der Waals surface area contributed by atoms with Crippen LogP contribution in [0.5, 0.6) is 0 Å². The van der Waals surface area contributed by atoms with Crippen molar-refractivity contribution < 1.29 is 9.53 Å². The summed E-state index contributed by atoms with van der Waals surface area (Å²) < 4.78 is 5.30. The number of benzene rings is 2. The molecule has 0 aliphatic carbocycles. The molecular weight excluding hydrogens is 264 g/mol. The second-order valence-corrected chi connectivity index (χ2v) is 4.77. The van der Waals surface area contributed by atoms with E-state index in [2.05, 4.69) is 6.07 Å². The minimum absolute atomic E-state index is 0.0925. The number of hydrogen-bond donors (Lipinski definition) is 1. The smallest absolute Gasteiger partial charge is 0.313 e. The van der Waals surface area contributed by atoms with E-state index in [1.54, 1.807) is 43.3 Å². The zero-order chi connectivity index (χ0) is 15.2. The summed E-state index contributed by atoms with van der Waals surface area (Å²) in [6.45, 7) is 1.86. The number of nitriles is 1. The van der Waals surface area contributed by atoms with Gasteiger partial charge in [0.25, 0.3) is 0 Å². The number of carbonyl (C=O) groups excluding carboxylic acids is 1. The minimum Gasteiger partial charge on any atom is -0.460 e. The molecule has 2 rings (SSSR count). The Morgan fingerprint density at radius 2 is 2.05 bits per heavy atom. The van der Waals surface area contributed by atoms with Crippen LogP contribution in [0.4, 0.5) is 5.69 Å². The third kappa shape index (κ3) is 3.61. The predicted octanol–water partition coefficient (Wildman–Crippen LogP) is 2.99. The van der Waals surface area contributed by atoms with Crippen LogP contribution in [0.25, 0.3) is 0 Å². The van der Waals surface area contributed by atoms with E-state index in [0.717, 1.165) is 5.56 Å². The van der Waals surface area contributed by atoms with E-state index in [0.29, 0.717) is 16.8 Å². The van der Waals surface area contributed by atoms with Crippen molar-refractivity contribution in [2.45, 2.75) is 19.4 Å². The van der Waals surface area contributed by atoms with Crippen molar-refractivity contribution in [2.24, 2.45) is 0 Å². The van der Waals surface area contributed by atoms with E-state index in [9.17, 15) is 4.79 Å². The number of anilines is 1. The first-order valence-electron chi connectivity index (χ1n) is 6.62. The Morgan fingerprint density at radius 3 is 2.76 bits per heavy atom. The third-order valence-electron chi connectivity index (χ3n) is 3.27. The molecule has 4 heteroatoms. The first-order chi connectivity index (χ1) is 10.1. The van der Waals surface area contributed by atoms with Crippen LogP contribution >= 0.6 is 0 Å². The maximum atomic E-state index is 12.1. The molecule has 106 valence electrons. The van der Waals surface area contributed by atoms with Crippen molar-refractivity contribution in [2.75, 3.05) is 5.73 Å². The normalized spacial score (nSPS) is 11.4. The number of esters is 1. The molecule has 0 aliphatic rings. The van der Waals surface area contributed by atoms with Gasteiger partial charge in [-0.05, 0) is 30.7 Å². The lowest BCUT2D eigenvalue weighted by molar-refractivity contribution is -0.146. The Kier molecular flexibility index (Phi) is 4.57. The van der Waals surface area contributed by atoms with E-state index >= 15 is 0 Å². The first kappa shape index (κ1) is 14.6. The standard InChI is InChI=1S/C17H16N2O2/c1-12(13-7-4-8-16(19)9-13)17(20)21-11-15-6-3-2-5-14(15)10-18/h2-9,12H,11,19H2,1H3. The molecule has 0 amide bonds. The van der Waals surface area contributed by atoms with E-state index in [1.807, 2.05) is 12.1 Å². The number of nitrogens with two attached hydrogens (primary N) is 1. The van der Waals surface area contributed by atoms with Crippen molar-refractivity contribution >= 4 is 11.7 Å². The van der Waals surface area contributed by atoms with Gasteiger partial charge in [-0.15, -0.1) is 0 Å². The summed E-state index contributed by atoms with van der Waals surface area (Å²) in [5.74, 6) is -0.740. The molecule has 4 nitrogen and oxygen atoms in total. The second-order valence-electron chi connectivity index (χ2n) is 4.77. The van der Waals surface area contributed by atoms with Crippen molar-refractivity contribution in [3.63, 3.8) is 0 Å². The van der Waals surface area contributed by atoms with Gasteiger partial charge in [-0.25, -0.2) is 0 Å². The Bertz CT molecular complexity index is 689. The van der Waals surface area contributed by atoms with E-state index < -0.39 is 5.92 Å². The third-order valence-corrected chi connectivity index (χ3v) is 3.27. The average molecular weight is 280 g/mol. The van der Waals surface area contributed by atoms with Crippen LogP contribution in [0.1, 0.15) is 29.5 Å². The van der Waals surface area contributed by atoms with Crippen molar-refractivity contribution in [1.82, 2.24) is 0 Å². The molecule has 0 spiro atoms. The van der Waals surface area contributed by atoms with Gasteiger partial charge < -0.3 is 10.5 Å². The average Bonchev–Trinajstić information content (AvgIpc) is 2.52. The van der Waals surface area contributed by atoms with E-state index in [-0.39, 0.29) is 12.6 Å². The van der Waals surface area contributed by atoms with Crippen LogP contribution in [-0.4, -0.2) is 5.97 Å². The van der Waals surface area contributed by atoms with Crippen LogP contribution in [0, 0.1) is 11.3 Å². The van der Waals surface area contributed by atoms with Gasteiger partial charge in [0.15, 0.2) is 0 Å². The van der Waals surface area contributed by atoms with Gasteiger partial charge in [-0.3, -0.25) is 4.79 Å². The molecule has 1 unspecified atom stereocenters. The molecule has 0 saturated carbocycles. The SMILES string of the molecule is CC(C(=O)OCc1ccccc1C#N)c1cccc(N)c1. The van der Waals surface area contributed by atoms with Crippen LogP contribution < -0.4 is 5.73 Å². The van der Waals surface area contributed by atoms with Gasteiger partial charge in [0, 0.05) is 11.3 Å². The lowest BCUT2D eigenvalue weighted by Crippen LogP contribution is -2.13. The fraction of sp³-hybridized carbons (Fsp3) is 0.176. The number of ether oxygens (including phenoxy) is 1. The lowest BCUT2D eigenvalue weighted by atomic mass is 10.0. The van der Waals surface area contributed by atoms with Crippen LogP contribution in [-0.2, 0) is 16.1 Å². The highest BCUT2D eigenvalue weighted by molar-refractivity contribution is 5.78. The summed E-state index contributed by atoms with van der Waals surface area (Å²) in [4.78, 5) is 12.1. The van der Waals surface area contributed by atoms with Gasteiger partial charge in [0.05, 0.1) is 17.6 Å². The molecule has 0 aromatic heterocycles. The minimum atomic E-state index is -0.400. The van der Waals surface area contributed by atoms with E-state index in [1.165, 1.54) is 0 Å². The first-order valence-corrected chi connectivity index (χ1v) is 6.62. The summed E-state index contributed by atoms with van der Waals surface area (Å²) in [6, 6.07) is 16.3. The molecular formula is C17H16N2O2. The molecule has 0 aliphatic heterocycles. The summed E-state index contributed by atoms with van der Waals surface area (Å²) in [5.41, 5.74) is 8.36. The number of nitrogen functional groups attached to an aromatic ring is 1. The zero-order valence-corrected chi connectivity index (χ0v) is 11.7. The number of carbonyl (C=O) groups is 1. The van der Waals surface area contributed by atoms with Crippen LogP contribution in [0.15, 0.2) is 48.5 Å². The lowest BCUT2D eigenvalue weighted by Gasteiger charge is -2.12. The highest BCUT2D eigenvalue weighted by Crippen LogP contribution is 2.20. The molecule has 2 aromatic rings. The topological polar surface area (TPSA) is 76.1 Å². The van der Waals surface area contributed by atoms with Crippen molar-refractivity contribution in [1.29, 1.82) is 5.26 Å². The van der Waals surface area contributed by atoms with Gasteiger partial charge in [-0.1, -0.05) is 30.3 Å². The summed E-state index contributed by atoms with van der Waals surface area (Å²) >= 11 is 0. The summed E-state index contributed by atoms with van der Waals surface area (Å²) in [5, 5.41) is 9.00. The van der Waals surface area contributed by atoms with Gasteiger partial charge in [0.2, 0.25) is 0 Å². The molecule has 2 aromatic carbocycles. The Hall–Kier alpha value is -2.80. The maximum Gasteiger partial charge on any atom is 0.313 e. The molecule has 0 heterocycles. The summed E-state index contributed by atoms with van der Waals surface area (Å²) in [6.07, 6.45) is 0. The molecule has 2 N–H and O–H groups in total. The Morgan fingerprint density at radius 1 is 1.29 bits per heavy atom. The van der Waals surface area contributed by atoms with Gasteiger partial charge >= 0.3 is 5.97 Å². The molecule has 0 saturated heterocycles. The summed E-state index contributed by atoms with van der Waals surface area (Å²) in [7, 11) is 0. The fourth-order valence-corrected chi connectivity index (χ4v) is 1.99. The van der Waals surface area contributed by atoms with Crippen LogP contribution in [0.2, 0.25) is 0 Å². The number of hydrogen-bond acceptors (Lipinski definition) is 4. The Balaban J connectivity index is 2.03. The number of rotatable bonds is 4. The fourth-order valence-electron chi connectivity index (χ4n) is 1.99. The molecule has 0 fully saturated rings. The quantitative estimate of drug-likeness (QED) is 0.690. The van der Waals surface area contributed by atoms with Crippen molar-refractivity contribution in [3.8, 4) is 6.07 Å². The van der Waals surface area contributed by atoms with Crippen LogP contribution in [0.3, 0.4) is 0 Å². The Labute approximate surface area is 123 Å². The molecule has 21 heavy (non-hydrogen) atoms. The van der Waals surface area contributed by atoms with Crippen molar-refractivity contribution in [3.05, 3.63) is 65.2 Å². The highest BCUT2D eigenvalue weighted by atomic mass is 16.5. The second kappa shape index (κ2) is 6.58. The number of nitrogens with zero attached hydrogens (tertiary/aromatic N) is 1. The zero-order valence-electron chi connectivity index (χ0n) is 11.7. The van der Waals surface area contributed by atoms with Gasteiger partial charge in [-0.2, -0.15) is 5.26 Å². The molecule has 1 atom stereocenters. The monoisotopic (exact) mass is 280 g/mol. The maximum absolute atomic E-state index is 12.1. The molecule has 0 radical (unpaired) electrons. The molecule has 0 bridgehead atoms. The van der Waals surface area contributed by atoms with E-state index in [4.69, 9.17) is 15.7 Å². The predicted molar refractivity (Wildman–Crippen MR) is 80.2 cm³/mol. The highest BCUT2D eigenvalue weighted by Gasteiger charge is 2.17.